The van der Waals surface area contributed by atoms with Gasteiger partial charge in [0.15, 0.2) is 0 Å². The van der Waals surface area contributed by atoms with Gasteiger partial charge in [-0.3, -0.25) is 0 Å². The first-order valence-electron chi connectivity index (χ1n) is 5.56. The Labute approximate surface area is 106 Å². The van der Waals surface area contributed by atoms with Gasteiger partial charge in [0, 0.05) is 37.8 Å². The Bertz CT molecular complexity index is 304. The quantitative estimate of drug-likeness (QED) is 0.792. The molecule has 17 heavy (non-hydrogen) atoms. The first-order chi connectivity index (χ1) is 8.29. The van der Waals surface area contributed by atoms with Crippen molar-refractivity contribution < 1.29 is 9.53 Å². The van der Waals surface area contributed by atoms with Crippen molar-refractivity contribution in [2.75, 3.05) is 26.2 Å². The summed E-state index contributed by atoms with van der Waals surface area (Å²) < 4.78 is 4.55. The van der Waals surface area contributed by atoms with Crippen LogP contribution in [0.2, 0.25) is 0 Å². The number of carbonyl (C=O) groups excluding carboxylic acids is 1. The molecule has 1 heterocycles. The minimum absolute atomic E-state index is 0.239. The highest BCUT2D eigenvalue weighted by atomic mass is 35.5. The van der Waals surface area contributed by atoms with Crippen LogP contribution in [0, 0.1) is 0 Å². The molecule has 1 aromatic rings. The lowest BCUT2D eigenvalue weighted by Gasteiger charge is -2.11. The Morgan fingerprint density at radius 2 is 1.65 bits per heavy atom. The predicted molar refractivity (Wildman–Crippen MR) is 68.2 cm³/mol. The summed E-state index contributed by atoms with van der Waals surface area (Å²) in [6.07, 6.45) is 0. The summed E-state index contributed by atoms with van der Waals surface area (Å²) in [5.74, 6) is 0. The van der Waals surface area contributed by atoms with E-state index in [0.717, 1.165) is 31.7 Å². The van der Waals surface area contributed by atoms with Gasteiger partial charge in [-0.15, -0.1) is 0 Å². The molecule has 1 aliphatic heterocycles. The van der Waals surface area contributed by atoms with E-state index in [0.29, 0.717) is 0 Å². The fraction of sp³-hybridized carbons (Fsp3) is 0.417. The summed E-state index contributed by atoms with van der Waals surface area (Å²) in [5.41, 5.74) is 0.162. The van der Waals surface area contributed by atoms with Gasteiger partial charge in [-0.25, -0.2) is 4.79 Å². The summed E-state index contributed by atoms with van der Waals surface area (Å²) in [7, 11) is 0. The number of hydrogen-bond acceptors (Lipinski definition) is 4. The molecule has 1 fully saturated rings. The zero-order valence-electron chi connectivity index (χ0n) is 9.62. The summed E-state index contributed by atoms with van der Waals surface area (Å²) in [5, 5.41) is 6.44. The molecule has 0 aromatic heterocycles. The molecule has 0 radical (unpaired) electrons. The van der Waals surface area contributed by atoms with Crippen molar-refractivity contribution in [3.05, 3.63) is 35.9 Å². The van der Waals surface area contributed by atoms with E-state index in [1.807, 2.05) is 30.3 Å². The van der Waals surface area contributed by atoms with E-state index in [4.69, 9.17) is 11.6 Å². The molecule has 2 N–H and O–H groups in total. The van der Waals surface area contributed by atoms with Crippen LogP contribution in [0.4, 0.5) is 4.79 Å². The summed E-state index contributed by atoms with van der Waals surface area (Å²) in [4.78, 5) is 10.2. The van der Waals surface area contributed by atoms with Gasteiger partial charge in [0.1, 0.15) is 6.61 Å². The van der Waals surface area contributed by atoms with Crippen molar-refractivity contribution in [3.8, 4) is 0 Å². The third kappa shape index (κ3) is 7.74. The van der Waals surface area contributed by atoms with E-state index in [-0.39, 0.29) is 6.61 Å². The lowest BCUT2D eigenvalue weighted by atomic mass is 10.2. The van der Waals surface area contributed by atoms with Gasteiger partial charge in [-0.1, -0.05) is 30.3 Å². The van der Waals surface area contributed by atoms with Crippen LogP contribution in [0.5, 0.6) is 0 Å². The van der Waals surface area contributed by atoms with E-state index < -0.39 is 5.43 Å². The van der Waals surface area contributed by atoms with Crippen LogP contribution in [-0.4, -0.2) is 31.6 Å². The van der Waals surface area contributed by atoms with Crippen LogP contribution < -0.4 is 10.6 Å². The van der Waals surface area contributed by atoms with Gasteiger partial charge in [0.2, 0.25) is 0 Å². The van der Waals surface area contributed by atoms with Crippen molar-refractivity contribution >= 4 is 17.0 Å². The number of hydrogen-bond donors (Lipinski definition) is 2. The Kier molecular flexibility index (Phi) is 7.38. The topological polar surface area (TPSA) is 50.4 Å². The molecule has 1 aliphatic rings. The average molecular weight is 257 g/mol. The molecular weight excluding hydrogens is 240 g/mol. The maximum absolute atomic E-state index is 10.2. The lowest BCUT2D eigenvalue weighted by molar-refractivity contribution is 0.167. The van der Waals surface area contributed by atoms with Crippen molar-refractivity contribution in [3.63, 3.8) is 0 Å². The van der Waals surface area contributed by atoms with Crippen LogP contribution in [-0.2, 0) is 11.3 Å². The molecule has 0 aliphatic carbocycles. The summed E-state index contributed by atoms with van der Waals surface area (Å²) >= 11 is 4.97. The molecule has 0 spiro atoms. The zero-order valence-corrected chi connectivity index (χ0v) is 10.4. The van der Waals surface area contributed by atoms with Gasteiger partial charge in [-0.05, 0) is 5.56 Å². The second kappa shape index (κ2) is 8.98. The van der Waals surface area contributed by atoms with Gasteiger partial charge in [0.25, 0.3) is 0 Å². The second-order valence-corrected chi connectivity index (χ2v) is 3.82. The number of rotatable bonds is 2. The largest absolute Gasteiger partial charge is 0.449 e. The van der Waals surface area contributed by atoms with E-state index in [9.17, 15) is 4.79 Å². The SMILES string of the molecule is C1CNCCN1.O=C(Cl)OCc1ccccc1. The highest BCUT2D eigenvalue weighted by molar-refractivity contribution is 6.61. The van der Waals surface area contributed by atoms with Gasteiger partial charge in [-0.2, -0.15) is 0 Å². The smallest absolute Gasteiger partial charge is 0.404 e. The third-order valence-electron chi connectivity index (χ3n) is 2.15. The second-order valence-electron chi connectivity index (χ2n) is 3.51. The number of carbonyl (C=O) groups is 1. The average Bonchev–Trinajstić information content (AvgIpc) is 2.40. The Morgan fingerprint density at radius 3 is 2.06 bits per heavy atom. The maximum Gasteiger partial charge on any atom is 0.404 e. The van der Waals surface area contributed by atoms with Crippen LogP contribution >= 0.6 is 11.6 Å². The van der Waals surface area contributed by atoms with Gasteiger partial charge in [0.05, 0.1) is 0 Å². The van der Waals surface area contributed by atoms with Crippen LogP contribution in [0.3, 0.4) is 0 Å². The van der Waals surface area contributed by atoms with E-state index >= 15 is 0 Å². The molecular formula is C12H17ClN2O2. The molecule has 1 saturated heterocycles. The normalized spacial score (nSPS) is 14.4. The maximum atomic E-state index is 10.2. The van der Waals surface area contributed by atoms with Crippen LogP contribution in [0.25, 0.3) is 0 Å². The Morgan fingerprint density at radius 1 is 1.12 bits per heavy atom. The molecule has 0 bridgehead atoms. The van der Waals surface area contributed by atoms with Crippen LogP contribution in [0.15, 0.2) is 30.3 Å². The van der Waals surface area contributed by atoms with E-state index in [2.05, 4.69) is 15.4 Å². The van der Waals surface area contributed by atoms with Crippen molar-refractivity contribution in [2.45, 2.75) is 6.61 Å². The van der Waals surface area contributed by atoms with Crippen LogP contribution in [0.1, 0.15) is 5.56 Å². The fourth-order valence-electron chi connectivity index (χ4n) is 1.32. The summed E-state index contributed by atoms with van der Waals surface area (Å²) in [6.45, 7) is 4.79. The zero-order chi connectivity index (χ0) is 12.3. The molecule has 2 rings (SSSR count). The van der Waals surface area contributed by atoms with Gasteiger partial charge < -0.3 is 15.4 Å². The molecule has 0 atom stereocenters. The third-order valence-corrected chi connectivity index (χ3v) is 2.26. The summed E-state index contributed by atoms with van der Waals surface area (Å²) in [6, 6.07) is 9.36. The molecule has 94 valence electrons. The molecule has 4 nitrogen and oxygen atoms in total. The fourth-order valence-corrected chi connectivity index (χ4v) is 1.37. The number of benzene rings is 1. The number of nitrogens with one attached hydrogen (secondary N) is 2. The molecule has 0 amide bonds. The predicted octanol–water partition coefficient (Wildman–Crippen LogP) is 1.74. The Balaban J connectivity index is 0.000000202. The van der Waals surface area contributed by atoms with Crippen molar-refractivity contribution in [1.29, 1.82) is 0 Å². The Hall–Kier alpha value is -1.10. The number of ether oxygens (including phenoxy) is 1. The number of halogens is 1. The molecule has 0 unspecified atom stereocenters. The monoisotopic (exact) mass is 256 g/mol. The minimum atomic E-state index is -0.770. The molecule has 1 aromatic carbocycles. The highest BCUT2D eigenvalue weighted by Crippen LogP contribution is 2.01. The molecule has 5 heteroatoms. The van der Waals surface area contributed by atoms with Gasteiger partial charge >= 0.3 is 5.43 Å². The van der Waals surface area contributed by atoms with E-state index in [1.165, 1.54) is 0 Å². The van der Waals surface area contributed by atoms with E-state index in [1.54, 1.807) is 0 Å². The first-order valence-corrected chi connectivity index (χ1v) is 5.94. The van der Waals surface area contributed by atoms with Crippen molar-refractivity contribution in [1.82, 2.24) is 10.6 Å². The number of piperazine rings is 1. The minimum Gasteiger partial charge on any atom is -0.449 e. The molecule has 0 saturated carbocycles. The highest BCUT2D eigenvalue weighted by Gasteiger charge is 1.95. The standard InChI is InChI=1S/C8H7ClO2.C4H10N2/c9-8(10)11-6-7-4-2-1-3-5-7;1-2-6-4-3-5-1/h1-5H,6H2;5-6H,1-4H2. The first kappa shape index (κ1) is 14.0. The van der Waals surface area contributed by atoms with Crippen molar-refractivity contribution in [2.24, 2.45) is 0 Å². The lowest BCUT2D eigenvalue weighted by Crippen LogP contribution is -2.39.